The van der Waals surface area contributed by atoms with Gasteiger partial charge in [-0.2, -0.15) is 0 Å². The third-order valence-electron chi connectivity index (χ3n) is 2.08. The van der Waals surface area contributed by atoms with Crippen molar-refractivity contribution in [2.24, 2.45) is 0 Å². The fraction of sp³-hybridized carbons (Fsp3) is 0.818. The molecule has 0 radical (unpaired) electrons. The van der Waals surface area contributed by atoms with Crippen molar-refractivity contribution in [1.82, 2.24) is 4.90 Å². The normalized spacial score (nSPS) is 12.1. The lowest BCUT2D eigenvalue weighted by atomic mass is 10.2. The van der Waals surface area contributed by atoms with E-state index in [1.54, 1.807) is 20.8 Å². The lowest BCUT2D eigenvalue weighted by molar-refractivity contribution is -0.148. The Hall–Kier alpha value is -1.26. The smallest absolute Gasteiger partial charge is 0.410 e. The molecule has 1 atom stereocenters. The first-order chi connectivity index (χ1) is 7.45. The summed E-state index contributed by atoms with van der Waals surface area (Å²) in [5, 5.41) is 0. The van der Waals surface area contributed by atoms with E-state index in [9.17, 15) is 9.59 Å². The SMILES string of the molecule is CCOC(=O)[C@H](C)N(C(=O)OCC)C(C)C. The average molecular weight is 231 g/mol. The molecule has 0 heterocycles. The van der Waals surface area contributed by atoms with Gasteiger partial charge in [-0.1, -0.05) is 0 Å². The summed E-state index contributed by atoms with van der Waals surface area (Å²) in [6, 6.07) is -0.738. The van der Waals surface area contributed by atoms with E-state index >= 15 is 0 Å². The summed E-state index contributed by atoms with van der Waals surface area (Å²) < 4.78 is 9.77. The van der Waals surface area contributed by atoms with Gasteiger partial charge in [-0.3, -0.25) is 4.90 Å². The van der Waals surface area contributed by atoms with Crippen LogP contribution < -0.4 is 0 Å². The summed E-state index contributed by atoms with van der Waals surface area (Å²) in [7, 11) is 0. The largest absolute Gasteiger partial charge is 0.464 e. The lowest BCUT2D eigenvalue weighted by Crippen LogP contribution is -2.48. The first kappa shape index (κ1) is 14.7. The van der Waals surface area contributed by atoms with Gasteiger partial charge in [0.05, 0.1) is 13.2 Å². The predicted molar refractivity (Wildman–Crippen MR) is 60.1 cm³/mol. The molecule has 0 bridgehead atoms. The number of carbonyl (C=O) groups is 2. The van der Waals surface area contributed by atoms with E-state index in [-0.39, 0.29) is 12.6 Å². The fourth-order valence-electron chi connectivity index (χ4n) is 1.39. The van der Waals surface area contributed by atoms with Crippen molar-refractivity contribution in [1.29, 1.82) is 0 Å². The lowest BCUT2D eigenvalue weighted by Gasteiger charge is -2.30. The first-order valence-electron chi connectivity index (χ1n) is 5.57. The van der Waals surface area contributed by atoms with Crippen LogP contribution in [0.3, 0.4) is 0 Å². The van der Waals surface area contributed by atoms with Crippen molar-refractivity contribution in [3.63, 3.8) is 0 Å². The topological polar surface area (TPSA) is 55.8 Å². The van der Waals surface area contributed by atoms with Crippen LogP contribution in [-0.4, -0.2) is 42.3 Å². The summed E-state index contributed by atoms with van der Waals surface area (Å²) in [5.41, 5.74) is 0. The Labute approximate surface area is 96.7 Å². The number of nitrogens with zero attached hydrogens (tertiary/aromatic N) is 1. The molecule has 0 aliphatic heterocycles. The molecule has 0 unspecified atom stereocenters. The van der Waals surface area contributed by atoms with Gasteiger partial charge in [-0.15, -0.1) is 0 Å². The van der Waals surface area contributed by atoms with Crippen LogP contribution in [0.15, 0.2) is 0 Å². The highest BCUT2D eigenvalue weighted by Crippen LogP contribution is 2.09. The number of amides is 1. The molecule has 0 aromatic heterocycles. The Morgan fingerprint density at radius 3 is 1.94 bits per heavy atom. The summed E-state index contributed by atoms with van der Waals surface area (Å²) in [5.74, 6) is -0.413. The highest BCUT2D eigenvalue weighted by atomic mass is 16.6. The van der Waals surface area contributed by atoms with Crippen LogP contribution in [0.4, 0.5) is 4.79 Å². The minimum absolute atomic E-state index is 0.113. The molecular formula is C11H21NO4. The van der Waals surface area contributed by atoms with E-state index in [0.717, 1.165) is 0 Å². The van der Waals surface area contributed by atoms with E-state index in [2.05, 4.69) is 0 Å². The minimum atomic E-state index is -0.626. The highest BCUT2D eigenvalue weighted by Gasteiger charge is 2.29. The van der Waals surface area contributed by atoms with Crippen LogP contribution in [0, 0.1) is 0 Å². The Balaban J connectivity index is 4.64. The van der Waals surface area contributed by atoms with Gasteiger partial charge in [0.15, 0.2) is 0 Å². The number of hydrogen-bond acceptors (Lipinski definition) is 4. The molecule has 0 saturated carbocycles. The molecule has 0 saturated heterocycles. The number of rotatable bonds is 5. The van der Waals surface area contributed by atoms with Gasteiger partial charge in [0.25, 0.3) is 0 Å². The summed E-state index contributed by atoms with van der Waals surface area (Å²) in [4.78, 5) is 24.5. The highest BCUT2D eigenvalue weighted by molar-refractivity contribution is 5.81. The molecule has 0 aliphatic carbocycles. The molecule has 0 aromatic rings. The predicted octanol–water partition coefficient (Wildman–Crippen LogP) is 1.80. The van der Waals surface area contributed by atoms with Crippen molar-refractivity contribution in [2.75, 3.05) is 13.2 Å². The van der Waals surface area contributed by atoms with Gasteiger partial charge in [-0.25, -0.2) is 9.59 Å². The Morgan fingerprint density at radius 1 is 1.06 bits per heavy atom. The number of esters is 1. The van der Waals surface area contributed by atoms with E-state index in [4.69, 9.17) is 9.47 Å². The van der Waals surface area contributed by atoms with Crippen LogP contribution in [0.25, 0.3) is 0 Å². The quantitative estimate of drug-likeness (QED) is 0.677. The van der Waals surface area contributed by atoms with Gasteiger partial charge in [0, 0.05) is 6.04 Å². The number of carbonyl (C=O) groups excluding carboxylic acids is 2. The third-order valence-corrected chi connectivity index (χ3v) is 2.08. The zero-order chi connectivity index (χ0) is 12.7. The standard InChI is InChI=1S/C11H21NO4/c1-6-15-10(13)9(5)12(8(3)4)11(14)16-7-2/h8-9H,6-7H2,1-5H3/t9-/m0/s1. The molecule has 1 amide bonds. The van der Waals surface area contributed by atoms with Crippen LogP contribution in [-0.2, 0) is 14.3 Å². The fourth-order valence-corrected chi connectivity index (χ4v) is 1.39. The van der Waals surface area contributed by atoms with Crippen LogP contribution in [0.5, 0.6) is 0 Å². The molecule has 0 aromatic carbocycles. The zero-order valence-corrected chi connectivity index (χ0v) is 10.6. The Morgan fingerprint density at radius 2 is 1.56 bits per heavy atom. The van der Waals surface area contributed by atoms with Gasteiger partial charge in [0.1, 0.15) is 6.04 Å². The first-order valence-corrected chi connectivity index (χ1v) is 5.57. The maximum atomic E-state index is 11.6. The molecule has 0 rings (SSSR count). The Kier molecular flexibility index (Phi) is 6.53. The number of hydrogen-bond donors (Lipinski definition) is 0. The van der Waals surface area contributed by atoms with E-state index < -0.39 is 18.1 Å². The van der Waals surface area contributed by atoms with E-state index in [1.807, 2.05) is 13.8 Å². The van der Waals surface area contributed by atoms with Crippen molar-refractivity contribution in [2.45, 2.75) is 46.7 Å². The van der Waals surface area contributed by atoms with Gasteiger partial charge in [0.2, 0.25) is 0 Å². The average Bonchev–Trinajstić information content (AvgIpc) is 2.17. The Bertz CT molecular complexity index is 240. The van der Waals surface area contributed by atoms with Crippen LogP contribution in [0.2, 0.25) is 0 Å². The van der Waals surface area contributed by atoms with Gasteiger partial charge < -0.3 is 9.47 Å². The summed E-state index contributed by atoms with van der Waals surface area (Å²) in [6.07, 6.45) is -0.488. The maximum absolute atomic E-state index is 11.6. The van der Waals surface area contributed by atoms with E-state index in [1.165, 1.54) is 4.90 Å². The molecular weight excluding hydrogens is 210 g/mol. The maximum Gasteiger partial charge on any atom is 0.410 e. The molecule has 16 heavy (non-hydrogen) atoms. The van der Waals surface area contributed by atoms with Gasteiger partial charge >= 0.3 is 12.1 Å². The minimum Gasteiger partial charge on any atom is -0.464 e. The molecule has 5 nitrogen and oxygen atoms in total. The summed E-state index contributed by atoms with van der Waals surface area (Å²) >= 11 is 0. The second-order valence-electron chi connectivity index (χ2n) is 3.63. The van der Waals surface area contributed by atoms with E-state index in [0.29, 0.717) is 6.61 Å². The molecule has 0 spiro atoms. The molecule has 5 heteroatoms. The molecule has 0 N–H and O–H groups in total. The van der Waals surface area contributed by atoms with Crippen molar-refractivity contribution < 1.29 is 19.1 Å². The van der Waals surface area contributed by atoms with Crippen molar-refractivity contribution >= 4 is 12.1 Å². The van der Waals surface area contributed by atoms with Crippen LogP contribution >= 0.6 is 0 Å². The molecule has 0 fully saturated rings. The van der Waals surface area contributed by atoms with Gasteiger partial charge in [-0.05, 0) is 34.6 Å². The monoisotopic (exact) mass is 231 g/mol. The third kappa shape index (κ3) is 4.08. The van der Waals surface area contributed by atoms with Crippen LogP contribution in [0.1, 0.15) is 34.6 Å². The number of ether oxygens (including phenoxy) is 2. The zero-order valence-electron chi connectivity index (χ0n) is 10.6. The van der Waals surface area contributed by atoms with Crippen molar-refractivity contribution in [3.05, 3.63) is 0 Å². The summed E-state index contributed by atoms with van der Waals surface area (Å²) in [6.45, 7) is 9.34. The second kappa shape index (κ2) is 7.09. The second-order valence-corrected chi connectivity index (χ2v) is 3.63. The molecule has 94 valence electrons. The van der Waals surface area contributed by atoms with Crippen molar-refractivity contribution in [3.8, 4) is 0 Å². The molecule has 0 aliphatic rings.